The lowest BCUT2D eigenvalue weighted by Crippen LogP contribution is -2.29. The number of aryl methyl sites for hydroxylation is 1. The number of carbonyl (C=O) groups is 1. The fourth-order valence-corrected chi connectivity index (χ4v) is 3.83. The van der Waals surface area contributed by atoms with Crippen LogP contribution in [0.5, 0.6) is 11.5 Å². The van der Waals surface area contributed by atoms with Gasteiger partial charge in [-0.3, -0.25) is 4.79 Å². The lowest BCUT2D eigenvalue weighted by Gasteiger charge is -2.20. The Morgan fingerprint density at radius 2 is 1.65 bits per heavy atom. The number of allylic oxidation sites excluding steroid dienone is 2. The maximum absolute atomic E-state index is 11.1. The lowest BCUT2D eigenvalue weighted by atomic mass is 10.0. The smallest absolute Gasteiger partial charge is 0.269 e. The maximum Gasteiger partial charge on any atom is 0.269 e. The highest BCUT2D eigenvalue weighted by atomic mass is 32.1. The topological polar surface area (TPSA) is 49.8 Å². The first-order valence-corrected chi connectivity index (χ1v) is 12.5. The molecule has 0 atom stereocenters. The molecule has 4 rings (SSSR count). The van der Waals surface area contributed by atoms with Crippen LogP contribution in [0, 0.1) is 6.92 Å². The van der Waals surface area contributed by atoms with Crippen LogP contribution < -0.4 is 9.64 Å². The minimum Gasteiger partial charge on any atom is -0.508 e. The Morgan fingerprint density at radius 3 is 2.32 bits per heavy atom. The molecule has 0 aromatic heterocycles. The van der Waals surface area contributed by atoms with Crippen molar-refractivity contribution in [3.8, 4) is 11.5 Å². The number of phenolic OH excluding ortho intramolecular Hbond substituents is 1. The van der Waals surface area contributed by atoms with Gasteiger partial charge in [-0.15, -0.1) is 0 Å². The molecular weight excluding hydrogens is 478 g/mol. The predicted octanol–water partition coefficient (Wildman–Crippen LogP) is 8.05. The number of hydrogen-bond donors (Lipinski definition) is 1. The standard InChI is InChI=1S/C19H17NOS.C13H16O2/c1-14-6-5-9-17(12-14)20(2)19(22)21-18-11-10-15-7-3-4-8-16(15)13-18;1-9(2)4-5-12-8-11(10(3)14)6-7-13(12)15/h3-13H,1-2H3;4,6-8,15H,5H2,1-3H3. The summed E-state index contributed by atoms with van der Waals surface area (Å²) in [5.74, 6) is 1.02. The number of fused-ring (bicyclic) bond motifs is 1. The molecule has 0 unspecified atom stereocenters. The minimum absolute atomic E-state index is 0.0217. The van der Waals surface area contributed by atoms with E-state index in [2.05, 4.69) is 31.2 Å². The van der Waals surface area contributed by atoms with Crippen molar-refractivity contribution in [2.75, 3.05) is 11.9 Å². The summed E-state index contributed by atoms with van der Waals surface area (Å²) in [5.41, 5.74) is 4.85. The van der Waals surface area contributed by atoms with Gasteiger partial charge in [-0.1, -0.05) is 54.1 Å². The van der Waals surface area contributed by atoms with Gasteiger partial charge in [0.15, 0.2) is 5.78 Å². The van der Waals surface area contributed by atoms with E-state index in [1.54, 1.807) is 18.2 Å². The molecule has 0 aliphatic rings. The first-order valence-electron chi connectivity index (χ1n) is 12.1. The van der Waals surface area contributed by atoms with Crippen molar-refractivity contribution < 1.29 is 14.6 Å². The highest BCUT2D eigenvalue weighted by Crippen LogP contribution is 2.23. The van der Waals surface area contributed by atoms with Crippen molar-refractivity contribution in [3.63, 3.8) is 0 Å². The molecule has 0 fully saturated rings. The highest BCUT2D eigenvalue weighted by Gasteiger charge is 2.10. The van der Waals surface area contributed by atoms with Crippen LogP contribution in [0.4, 0.5) is 5.69 Å². The Labute approximate surface area is 224 Å². The van der Waals surface area contributed by atoms with Crippen molar-refractivity contribution in [2.45, 2.75) is 34.1 Å². The van der Waals surface area contributed by atoms with Gasteiger partial charge in [0.25, 0.3) is 5.17 Å². The van der Waals surface area contributed by atoms with E-state index < -0.39 is 0 Å². The molecule has 0 bridgehead atoms. The second kappa shape index (κ2) is 12.8. The number of ether oxygens (including phenoxy) is 1. The maximum atomic E-state index is 11.1. The van der Waals surface area contributed by atoms with Crippen LogP contribution in [0.3, 0.4) is 0 Å². The van der Waals surface area contributed by atoms with Gasteiger partial charge in [-0.2, -0.15) is 0 Å². The second-order valence-corrected chi connectivity index (χ2v) is 9.51. The Hall–Kier alpha value is -3.96. The van der Waals surface area contributed by atoms with Gasteiger partial charge in [0, 0.05) is 18.3 Å². The van der Waals surface area contributed by atoms with Crippen molar-refractivity contribution in [2.24, 2.45) is 0 Å². The zero-order valence-electron chi connectivity index (χ0n) is 22.0. The van der Waals surface area contributed by atoms with E-state index in [4.69, 9.17) is 17.0 Å². The Kier molecular flexibility index (Phi) is 9.58. The van der Waals surface area contributed by atoms with E-state index in [0.29, 0.717) is 17.2 Å². The van der Waals surface area contributed by atoms with Crippen LogP contribution in [-0.4, -0.2) is 23.1 Å². The van der Waals surface area contributed by atoms with Crippen molar-refractivity contribution >= 4 is 39.6 Å². The Morgan fingerprint density at radius 1 is 0.919 bits per heavy atom. The minimum atomic E-state index is 0.0217. The fraction of sp³-hybridized carbons (Fsp3) is 0.188. The number of carbonyl (C=O) groups excluding carboxylic acids is 1. The second-order valence-electron chi connectivity index (χ2n) is 9.16. The van der Waals surface area contributed by atoms with Crippen LogP contribution in [0.15, 0.2) is 96.6 Å². The Balaban J connectivity index is 0.000000222. The zero-order valence-corrected chi connectivity index (χ0v) is 22.8. The van der Waals surface area contributed by atoms with E-state index in [1.807, 2.05) is 74.3 Å². The molecule has 4 nitrogen and oxygen atoms in total. The van der Waals surface area contributed by atoms with Crippen LogP contribution in [0.2, 0.25) is 0 Å². The molecule has 0 spiro atoms. The summed E-state index contributed by atoms with van der Waals surface area (Å²) in [5, 5.41) is 12.3. The molecule has 190 valence electrons. The lowest BCUT2D eigenvalue weighted by molar-refractivity contribution is 0.101. The van der Waals surface area contributed by atoms with Gasteiger partial charge < -0.3 is 14.7 Å². The van der Waals surface area contributed by atoms with Crippen molar-refractivity contribution in [3.05, 3.63) is 113 Å². The van der Waals surface area contributed by atoms with Gasteiger partial charge >= 0.3 is 0 Å². The summed E-state index contributed by atoms with van der Waals surface area (Å²) in [4.78, 5) is 13.0. The first kappa shape index (κ1) is 27.6. The molecule has 5 heteroatoms. The zero-order chi connectivity index (χ0) is 26.9. The van der Waals surface area contributed by atoms with Crippen molar-refractivity contribution in [1.82, 2.24) is 0 Å². The third-order valence-corrected chi connectivity index (χ3v) is 6.16. The molecule has 4 aromatic carbocycles. The SMILES string of the molecule is CC(=O)c1ccc(O)c(CC=C(C)C)c1.Cc1cccc(N(C)C(=S)Oc2ccc3ccccc3c2)c1. The molecule has 0 saturated carbocycles. The number of rotatable bonds is 5. The van der Waals surface area contributed by atoms with Crippen LogP contribution in [0.1, 0.15) is 42.3 Å². The average Bonchev–Trinajstić information content (AvgIpc) is 2.87. The fourth-order valence-electron chi connectivity index (χ4n) is 3.62. The van der Waals surface area contributed by atoms with Crippen LogP contribution in [-0.2, 0) is 6.42 Å². The van der Waals surface area contributed by atoms with Gasteiger partial charge in [-0.05, 0) is 111 Å². The number of aromatic hydroxyl groups is 1. The van der Waals surface area contributed by atoms with Crippen molar-refractivity contribution in [1.29, 1.82) is 0 Å². The average molecular weight is 512 g/mol. The largest absolute Gasteiger partial charge is 0.508 e. The molecule has 37 heavy (non-hydrogen) atoms. The summed E-state index contributed by atoms with van der Waals surface area (Å²) in [6.45, 7) is 7.60. The molecule has 0 amide bonds. The number of anilines is 1. The number of Topliss-reactive ketones (excluding diaryl/α,β-unsaturated/α-hetero) is 1. The summed E-state index contributed by atoms with van der Waals surface area (Å²) >= 11 is 5.41. The third kappa shape index (κ3) is 8.02. The van der Waals surface area contributed by atoms with E-state index >= 15 is 0 Å². The normalized spacial score (nSPS) is 10.2. The molecule has 0 aliphatic carbocycles. The number of nitrogens with zero attached hydrogens (tertiary/aromatic N) is 1. The molecule has 0 heterocycles. The summed E-state index contributed by atoms with van der Waals surface area (Å²) in [7, 11) is 1.91. The van der Waals surface area contributed by atoms with Gasteiger partial charge in [0.2, 0.25) is 0 Å². The molecule has 0 radical (unpaired) electrons. The number of benzene rings is 4. The first-order chi connectivity index (χ1) is 17.6. The molecular formula is C32H33NO3S. The number of hydrogen-bond acceptors (Lipinski definition) is 4. The van der Waals surface area contributed by atoms with E-state index in [-0.39, 0.29) is 11.5 Å². The molecule has 0 saturated heterocycles. The number of phenols is 1. The van der Waals surface area contributed by atoms with E-state index in [0.717, 1.165) is 22.4 Å². The summed E-state index contributed by atoms with van der Waals surface area (Å²) in [6, 6.07) is 27.3. The number of thiocarbonyl (C=S) groups is 1. The van der Waals surface area contributed by atoms with E-state index in [1.165, 1.54) is 23.4 Å². The quantitative estimate of drug-likeness (QED) is 0.167. The van der Waals surface area contributed by atoms with Crippen LogP contribution in [0.25, 0.3) is 10.8 Å². The van der Waals surface area contributed by atoms with E-state index in [9.17, 15) is 9.90 Å². The highest BCUT2D eigenvalue weighted by molar-refractivity contribution is 7.80. The number of ketones is 1. The predicted molar refractivity (Wildman–Crippen MR) is 158 cm³/mol. The van der Waals surface area contributed by atoms with Gasteiger partial charge in [0.05, 0.1) is 0 Å². The summed E-state index contributed by atoms with van der Waals surface area (Å²) < 4.78 is 5.84. The Bertz CT molecular complexity index is 1440. The molecule has 4 aromatic rings. The summed E-state index contributed by atoms with van der Waals surface area (Å²) in [6.07, 6.45) is 2.69. The molecule has 1 N–H and O–H groups in total. The van der Waals surface area contributed by atoms with Gasteiger partial charge in [-0.25, -0.2) is 0 Å². The van der Waals surface area contributed by atoms with Crippen LogP contribution >= 0.6 is 12.2 Å². The third-order valence-electron chi connectivity index (χ3n) is 5.81. The van der Waals surface area contributed by atoms with Gasteiger partial charge in [0.1, 0.15) is 11.5 Å². The monoisotopic (exact) mass is 511 g/mol. The molecule has 0 aliphatic heterocycles.